The van der Waals surface area contributed by atoms with E-state index in [4.69, 9.17) is 9.57 Å². The normalized spacial score (nSPS) is 10.2. The molecule has 0 radical (unpaired) electrons. The topological polar surface area (TPSA) is 30.5 Å². The van der Waals surface area contributed by atoms with Crippen LogP contribution in [-0.4, -0.2) is 26.4 Å². The van der Waals surface area contributed by atoms with Gasteiger partial charge in [-0.3, -0.25) is 0 Å². The summed E-state index contributed by atoms with van der Waals surface area (Å²) in [5.41, 5.74) is 2.81. The number of hydrogen-bond acceptors (Lipinski definition) is 3. The van der Waals surface area contributed by atoms with E-state index in [1.165, 1.54) is 0 Å². The Bertz CT molecular complexity index is 107. The predicted molar refractivity (Wildman–Crippen MR) is 54.5 cm³/mol. The third-order valence-corrected chi connectivity index (χ3v) is 1.50. The Morgan fingerprint density at radius 1 is 1.23 bits per heavy atom. The van der Waals surface area contributed by atoms with Crippen molar-refractivity contribution in [3.63, 3.8) is 0 Å². The summed E-state index contributed by atoms with van der Waals surface area (Å²) in [6.45, 7) is 8.86. The fourth-order valence-electron chi connectivity index (χ4n) is 0.821. The van der Waals surface area contributed by atoms with E-state index in [0.29, 0.717) is 0 Å². The van der Waals surface area contributed by atoms with Gasteiger partial charge in [0, 0.05) is 19.8 Å². The molecule has 3 heteroatoms. The molecule has 0 aromatic heterocycles. The third kappa shape index (κ3) is 11.6. The average Bonchev–Trinajstić information content (AvgIpc) is 2.16. The highest BCUT2D eigenvalue weighted by atomic mass is 16.6. The van der Waals surface area contributed by atoms with Crippen LogP contribution in [0.5, 0.6) is 0 Å². The van der Waals surface area contributed by atoms with Crippen LogP contribution in [0.2, 0.25) is 0 Å². The number of ether oxygens (including phenoxy) is 1. The lowest BCUT2D eigenvalue weighted by atomic mass is 10.3. The molecule has 0 aliphatic heterocycles. The molecule has 1 N–H and O–H groups in total. The minimum absolute atomic E-state index is 0.763. The SMILES string of the molecule is C=CCCOCCCCONCC. The average molecular weight is 187 g/mol. The van der Waals surface area contributed by atoms with E-state index in [1.54, 1.807) is 0 Å². The van der Waals surface area contributed by atoms with Crippen LogP contribution < -0.4 is 5.48 Å². The van der Waals surface area contributed by atoms with Crippen LogP contribution in [0.4, 0.5) is 0 Å². The van der Waals surface area contributed by atoms with E-state index in [9.17, 15) is 0 Å². The lowest BCUT2D eigenvalue weighted by Gasteiger charge is -2.03. The quantitative estimate of drug-likeness (QED) is 0.322. The summed E-state index contributed by atoms with van der Waals surface area (Å²) in [4.78, 5) is 5.09. The number of hydroxylamine groups is 1. The summed E-state index contributed by atoms with van der Waals surface area (Å²) in [6.07, 6.45) is 4.91. The zero-order valence-electron chi connectivity index (χ0n) is 8.55. The van der Waals surface area contributed by atoms with Gasteiger partial charge >= 0.3 is 0 Å². The van der Waals surface area contributed by atoms with Crippen LogP contribution in [0.1, 0.15) is 26.2 Å². The largest absolute Gasteiger partial charge is 0.381 e. The highest BCUT2D eigenvalue weighted by Crippen LogP contribution is 1.91. The highest BCUT2D eigenvalue weighted by Gasteiger charge is 1.89. The molecular formula is C10H21NO2. The predicted octanol–water partition coefficient (Wildman–Crippen LogP) is 1.90. The van der Waals surface area contributed by atoms with Gasteiger partial charge in [0.25, 0.3) is 0 Å². The second kappa shape index (κ2) is 11.6. The molecule has 0 fully saturated rings. The Morgan fingerprint density at radius 3 is 2.69 bits per heavy atom. The van der Waals surface area contributed by atoms with Gasteiger partial charge in [-0.1, -0.05) is 13.0 Å². The first-order valence-electron chi connectivity index (χ1n) is 4.95. The second-order valence-corrected chi connectivity index (χ2v) is 2.74. The Kier molecular flexibility index (Phi) is 11.3. The summed E-state index contributed by atoms with van der Waals surface area (Å²) in [6, 6.07) is 0. The van der Waals surface area contributed by atoms with Gasteiger partial charge in [0.1, 0.15) is 0 Å². The lowest BCUT2D eigenvalue weighted by molar-refractivity contribution is 0.0369. The van der Waals surface area contributed by atoms with Crippen molar-refractivity contribution in [3.05, 3.63) is 12.7 Å². The summed E-state index contributed by atoms with van der Waals surface area (Å²) >= 11 is 0. The van der Waals surface area contributed by atoms with Crippen LogP contribution in [0.25, 0.3) is 0 Å². The van der Waals surface area contributed by atoms with Crippen LogP contribution in [-0.2, 0) is 9.57 Å². The van der Waals surface area contributed by atoms with Gasteiger partial charge < -0.3 is 9.57 Å². The number of unbranched alkanes of at least 4 members (excludes halogenated alkanes) is 1. The van der Waals surface area contributed by atoms with E-state index >= 15 is 0 Å². The van der Waals surface area contributed by atoms with E-state index in [2.05, 4.69) is 12.1 Å². The fraction of sp³-hybridized carbons (Fsp3) is 0.800. The Balaban J connectivity index is 2.79. The first-order chi connectivity index (χ1) is 6.41. The summed E-state index contributed by atoms with van der Waals surface area (Å²) in [5, 5.41) is 0. The van der Waals surface area contributed by atoms with Gasteiger partial charge in [0.15, 0.2) is 0 Å². The molecule has 3 nitrogen and oxygen atoms in total. The molecule has 0 unspecified atom stereocenters. The molecule has 0 aromatic rings. The molecule has 0 amide bonds. The molecule has 0 aliphatic rings. The van der Waals surface area contributed by atoms with Crippen molar-refractivity contribution in [2.45, 2.75) is 26.2 Å². The van der Waals surface area contributed by atoms with Gasteiger partial charge in [-0.25, -0.2) is 5.48 Å². The van der Waals surface area contributed by atoms with Crippen molar-refractivity contribution in [2.75, 3.05) is 26.4 Å². The monoisotopic (exact) mass is 187 g/mol. The maximum absolute atomic E-state index is 5.33. The number of nitrogens with one attached hydrogen (secondary N) is 1. The zero-order valence-corrected chi connectivity index (χ0v) is 8.55. The molecule has 0 spiro atoms. The van der Waals surface area contributed by atoms with Gasteiger partial charge in [0.05, 0.1) is 6.61 Å². The molecule has 13 heavy (non-hydrogen) atoms. The van der Waals surface area contributed by atoms with E-state index in [0.717, 1.165) is 45.6 Å². The maximum atomic E-state index is 5.33. The standard InChI is InChI=1S/C10H21NO2/c1-3-5-8-12-9-6-7-10-13-11-4-2/h3,11H,1,4-10H2,2H3. The minimum atomic E-state index is 0.763. The van der Waals surface area contributed by atoms with Gasteiger partial charge in [-0.2, -0.15) is 0 Å². The zero-order chi connectivity index (χ0) is 9.78. The van der Waals surface area contributed by atoms with Crippen LogP contribution in [0.15, 0.2) is 12.7 Å². The highest BCUT2D eigenvalue weighted by molar-refractivity contribution is 4.64. The Hall–Kier alpha value is -0.380. The molecule has 0 saturated carbocycles. The molecule has 0 bridgehead atoms. The molecule has 0 heterocycles. The Labute approximate surface area is 81.1 Å². The fourth-order valence-corrected chi connectivity index (χ4v) is 0.821. The summed E-state index contributed by atoms with van der Waals surface area (Å²) in [5.74, 6) is 0. The third-order valence-electron chi connectivity index (χ3n) is 1.50. The molecule has 0 rings (SSSR count). The van der Waals surface area contributed by atoms with Crippen LogP contribution >= 0.6 is 0 Å². The van der Waals surface area contributed by atoms with Gasteiger partial charge in [0.2, 0.25) is 0 Å². The van der Waals surface area contributed by atoms with Gasteiger partial charge in [-0.05, 0) is 19.3 Å². The Morgan fingerprint density at radius 2 is 2.00 bits per heavy atom. The smallest absolute Gasteiger partial charge is 0.0683 e. The number of rotatable bonds is 10. The molecule has 0 aliphatic carbocycles. The summed E-state index contributed by atoms with van der Waals surface area (Å²) < 4.78 is 5.33. The first kappa shape index (κ1) is 12.6. The van der Waals surface area contributed by atoms with Crippen LogP contribution in [0.3, 0.4) is 0 Å². The molecule has 0 saturated heterocycles. The van der Waals surface area contributed by atoms with Gasteiger partial charge in [-0.15, -0.1) is 6.58 Å². The maximum Gasteiger partial charge on any atom is 0.0683 e. The molecule has 78 valence electrons. The van der Waals surface area contributed by atoms with Crippen molar-refractivity contribution >= 4 is 0 Å². The van der Waals surface area contributed by atoms with E-state index < -0.39 is 0 Å². The van der Waals surface area contributed by atoms with Crippen molar-refractivity contribution < 1.29 is 9.57 Å². The van der Waals surface area contributed by atoms with Crippen molar-refractivity contribution in [1.29, 1.82) is 0 Å². The number of hydrogen-bond donors (Lipinski definition) is 1. The van der Waals surface area contributed by atoms with Crippen molar-refractivity contribution in [3.8, 4) is 0 Å². The molecule has 0 aromatic carbocycles. The van der Waals surface area contributed by atoms with Crippen molar-refractivity contribution in [1.82, 2.24) is 5.48 Å². The second-order valence-electron chi connectivity index (χ2n) is 2.74. The molecule has 0 atom stereocenters. The summed E-state index contributed by atoms with van der Waals surface area (Å²) in [7, 11) is 0. The lowest BCUT2D eigenvalue weighted by Crippen LogP contribution is -2.14. The van der Waals surface area contributed by atoms with E-state index in [-0.39, 0.29) is 0 Å². The van der Waals surface area contributed by atoms with E-state index in [1.807, 2.05) is 13.0 Å². The van der Waals surface area contributed by atoms with Crippen molar-refractivity contribution in [2.24, 2.45) is 0 Å². The van der Waals surface area contributed by atoms with Crippen LogP contribution in [0, 0.1) is 0 Å². The first-order valence-corrected chi connectivity index (χ1v) is 4.95. The molecular weight excluding hydrogens is 166 g/mol. The minimum Gasteiger partial charge on any atom is -0.381 e.